The number of carboxylic acid groups (broad SMARTS) is 1. The van der Waals surface area contributed by atoms with Crippen LogP contribution >= 0.6 is 11.8 Å². The molecule has 1 aliphatic rings. The molecule has 2 N–H and O–H groups in total. The number of hydrogen-bond donors (Lipinski definition) is 2. The van der Waals surface area contributed by atoms with Gasteiger partial charge in [0, 0.05) is 26.1 Å². The van der Waals surface area contributed by atoms with E-state index in [0.717, 1.165) is 5.56 Å². The monoisotopic (exact) mass is 485 g/mol. The van der Waals surface area contributed by atoms with E-state index in [1.54, 1.807) is 17.0 Å². The lowest BCUT2D eigenvalue weighted by atomic mass is 9.95. The van der Waals surface area contributed by atoms with Crippen LogP contribution in [0.15, 0.2) is 29.2 Å². The molecular weight excluding hydrogens is 454 g/mol. The number of piperidine rings is 1. The molecule has 32 heavy (non-hydrogen) atoms. The SMILES string of the molecule is CSCCC(NS(=O)(=O)c1ccc(C)cc1)C(=O)N1CCC(C(=O)N(C)CC(=O)O)CC1. The van der Waals surface area contributed by atoms with Gasteiger partial charge in [0.15, 0.2) is 0 Å². The zero-order valence-corrected chi connectivity index (χ0v) is 20.2. The van der Waals surface area contributed by atoms with Crippen molar-refractivity contribution in [2.45, 2.75) is 37.1 Å². The lowest BCUT2D eigenvalue weighted by molar-refractivity contribution is -0.146. The highest BCUT2D eigenvalue weighted by atomic mass is 32.2. The van der Waals surface area contributed by atoms with Crippen LogP contribution in [-0.2, 0) is 24.4 Å². The largest absolute Gasteiger partial charge is 0.480 e. The summed E-state index contributed by atoms with van der Waals surface area (Å²) in [5.74, 6) is -1.37. The molecule has 0 radical (unpaired) electrons. The summed E-state index contributed by atoms with van der Waals surface area (Å²) in [5.41, 5.74) is 0.936. The van der Waals surface area contributed by atoms with Crippen LogP contribution in [0.2, 0.25) is 0 Å². The fourth-order valence-electron chi connectivity index (χ4n) is 3.60. The fourth-order valence-corrected chi connectivity index (χ4v) is 5.30. The smallest absolute Gasteiger partial charge is 0.323 e. The molecule has 1 heterocycles. The van der Waals surface area contributed by atoms with Crippen molar-refractivity contribution in [3.8, 4) is 0 Å². The minimum absolute atomic E-state index is 0.107. The van der Waals surface area contributed by atoms with Crippen molar-refractivity contribution in [2.24, 2.45) is 5.92 Å². The van der Waals surface area contributed by atoms with E-state index in [0.29, 0.717) is 38.1 Å². The van der Waals surface area contributed by atoms with Gasteiger partial charge in [0.2, 0.25) is 21.8 Å². The average Bonchev–Trinajstić information content (AvgIpc) is 2.75. The molecule has 1 atom stereocenters. The van der Waals surface area contributed by atoms with Gasteiger partial charge in [-0.05, 0) is 50.3 Å². The summed E-state index contributed by atoms with van der Waals surface area (Å²) in [6.45, 7) is 2.13. The van der Waals surface area contributed by atoms with Crippen LogP contribution in [0.4, 0.5) is 0 Å². The predicted octanol–water partition coefficient (Wildman–Crippen LogP) is 1.18. The number of likely N-dealkylation sites (tertiary alicyclic amines) is 1. The van der Waals surface area contributed by atoms with Gasteiger partial charge in [-0.1, -0.05) is 17.7 Å². The van der Waals surface area contributed by atoms with Gasteiger partial charge in [-0.25, -0.2) is 8.42 Å². The van der Waals surface area contributed by atoms with E-state index in [2.05, 4.69) is 4.72 Å². The minimum atomic E-state index is -3.86. The average molecular weight is 486 g/mol. The standard InChI is InChI=1S/C21H31N3O6S2/c1-15-4-6-17(7-5-15)32(29,30)22-18(10-13-31-3)21(28)24-11-8-16(9-12-24)20(27)23(2)14-19(25)26/h4-7,16,18,22H,8-14H2,1-3H3,(H,25,26). The topological polar surface area (TPSA) is 124 Å². The lowest BCUT2D eigenvalue weighted by Gasteiger charge is -2.35. The van der Waals surface area contributed by atoms with Gasteiger partial charge < -0.3 is 14.9 Å². The maximum Gasteiger partial charge on any atom is 0.323 e. The second-order valence-electron chi connectivity index (χ2n) is 7.96. The number of thioether (sulfide) groups is 1. The van der Waals surface area contributed by atoms with Crippen LogP contribution < -0.4 is 4.72 Å². The number of aryl methyl sites for hydroxylation is 1. The third-order valence-corrected chi connectivity index (χ3v) is 7.57. The van der Waals surface area contributed by atoms with Gasteiger partial charge in [0.1, 0.15) is 12.6 Å². The number of carbonyl (C=O) groups excluding carboxylic acids is 2. The Hall–Kier alpha value is -2.11. The summed E-state index contributed by atoms with van der Waals surface area (Å²) in [7, 11) is -2.41. The molecule has 1 aromatic carbocycles. The summed E-state index contributed by atoms with van der Waals surface area (Å²) in [4.78, 5) is 39.3. The molecule has 178 valence electrons. The van der Waals surface area contributed by atoms with E-state index in [1.165, 1.54) is 35.8 Å². The number of sulfonamides is 1. The van der Waals surface area contributed by atoms with Gasteiger partial charge >= 0.3 is 5.97 Å². The first kappa shape index (κ1) is 26.1. The van der Waals surface area contributed by atoms with Crippen LogP contribution in [0.1, 0.15) is 24.8 Å². The molecule has 2 amide bonds. The van der Waals surface area contributed by atoms with E-state index < -0.39 is 22.0 Å². The summed E-state index contributed by atoms with van der Waals surface area (Å²) in [6, 6.07) is 5.54. The van der Waals surface area contributed by atoms with E-state index in [4.69, 9.17) is 5.11 Å². The van der Waals surface area contributed by atoms with Crippen molar-refractivity contribution >= 4 is 39.6 Å². The molecule has 1 aliphatic heterocycles. The van der Waals surface area contributed by atoms with E-state index >= 15 is 0 Å². The summed E-state index contributed by atoms with van der Waals surface area (Å²) >= 11 is 1.53. The minimum Gasteiger partial charge on any atom is -0.480 e. The molecule has 0 aliphatic carbocycles. The lowest BCUT2D eigenvalue weighted by Crippen LogP contribution is -2.52. The second kappa shape index (κ2) is 11.7. The number of carbonyl (C=O) groups is 3. The number of benzene rings is 1. The Morgan fingerprint density at radius 1 is 1.22 bits per heavy atom. The number of carboxylic acids is 1. The zero-order valence-electron chi connectivity index (χ0n) is 18.6. The number of nitrogens with zero attached hydrogens (tertiary/aromatic N) is 2. The molecule has 1 unspecified atom stereocenters. The van der Waals surface area contributed by atoms with Crippen LogP contribution in [0, 0.1) is 12.8 Å². The summed E-state index contributed by atoms with van der Waals surface area (Å²) < 4.78 is 28.2. The first-order valence-corrected chi connectivity index (χ1v) is 13.3. The maximum atomic E-state index is 13.1. The molecule has 1 saturated heterocycles. The Morgan fingerprint density at radius 3 is 2.34 bits per heavy atom. The molecule has 9 nitrogen and oxygen atoms in total. The fraction of sp³-hybridized carbons (Fsp3) is 0.571. The van der Waals surface area contributed by atoms with E-state index in [-0.39, 0.29) is 29.2 Å². The Morgan fingerprint density at radius 2 is 1.81 bits per heavy atom. The first-order valence-electron chi connectivity index (χ1n) is 10.4. The van der Waals surface area contributed by atoms with Crippen molar-refractivity contribution < 1.29 is 27.9 Å². The number of rotatable bonds is 10. The van der Waals surface area contributed by atoms with Crippen molar-refractivity contribution in [1.29, 1.82) is 0 Å². The third kappa shape index (κ3) is 7.21. The predicted molar refractivity (Wildman–Crippen MR) is 123 cm³/mol. The van der Waals surface area contributed by atoms with E-state index in [9.17, 15) is 22.8 Å². The van der Waals surface area contributed by atoms with Crippen molar-refractivity contribution in [2.75, 3.05) is 38.7 Å². The van der Waals surface area contributed by atoms with Gasteiger partial charge in [-0.3, -0.25) is 14.4 Å². The van der Waals surface area contributed by atoms with Crippen molar-refractivity contribution in [3.05, 3.63) is 29.8 Å². The number of hydrogen-bond acceptors (Lipinski definition) is 6. The van der Waals surface area contributed by atoms with Gasteiger partial charge in [-0.2, -0.15) is 16.5 Å². The van der Waals surface area contributed by atoms with Crippen LogP contribution in [-0.4, -0.2) is 85.8 Å². The second-order valence-corrected chi connectivity index (χ2v) is 10.7. The Labute approximate surface area is 193 Å². The highest BCUT2D eigenvalue weighted by Gasteiger charge is 2.34. The van der Waals surface area contributed by atoms with Gasteiger partial charge in [0.05, 0.1) is 4.90 Å². The quantitative estimate of drug-likeness (QED) is 0.510. The normalized spacial score (nSPS) is 15.9. The number of aliphatic carboxylic acids is 1. The zero-order chi connectivity index (χ0) is 23.9. The molecule has 1 aromatic rings. The Bertz CT molecular complexity index is 912. The highest BCUT2D eigenvalue weighted by Crippen LogP contribution is 2.21. The molecule has 0 aromatic heterocycles. The number of nitrogens with one attached hydrogen (secondary N) is 1. The van der Waals surface area contributed by atoms with Crippen molar-refractivity contribution in [1.82, 2.24) is 14.5 Å². The third-order valence-electron chi connectivity index (χ3n) is 5.44. The van der Waals surface area contributed by atoms with E-state index in [1.807, 2.05) is 13.2 Å². The molecule has 2 rings (SSSR count). The number of amides is 2. The van der Waals surface area contributed by atoms with Crippen LogP contribution in [0.3, 0.4) is 0 Å². The molecular formula is C21H31N3O6S2. The number of likely N-dealkylation sites (N-methyl/N-ethyl adjacent to an activating group) is 1. The van der Waals surface area contributed by atoms with Gasteiger partial charge in [0.25, 0.3) is 0 Å². The van der Waals surface area contributed by atoms with Crippen LogP contribution in [0.25, 0.3) is 0 Å². The molecule has 1 fully saturated rings. The molecule has 0 bridgehead atoms. The van der Waals surface area contributed by atoms with Gasteiger partial charge in [-0.15, -0.1) is 0 Å². The maximum absolute atomic E-state index is 13.1. The first-order chi connectivity index (χ1) is 15.0. The summed E-state index contributed by atoms with van der Waals surface area (Å²) in [6.07, 6.45) is 3.06. The summed E-state index contributed by atoms with van der Waals surface area (Å²) in [5, 5.41) is 8.86. The molecule has 0 saturated carbocycles. The Kier molecular flexibility index (Phi) is 9.53. The highest BCUT2D eigenvalue weighted by molar-refractivity contribution is 7.98. The van der Waals surface area contributed by atoms with Crippen LogP contribution in [0.5, 0.6) is 0 Å². The Balaban J connectivity index is 2.04. The molecule has 11 heteroatoms. The van der Waals surface area contributed by atoms with Crippen molar-refractivity contribution in [3.63, 3.8) is 0 Å². The molecule has 0 spiro atoms.